The van der Waals surface area contributed by atoms with Crippen molar-refractivity contribution in [3.8, 4) is 0 Å². The van der Waals surface area contributed by atoms with Crippen LogP contribution in [0.3, 0.4) is 0 Å². The van der Waals surface area contributed by atoms with Crippen molar-refractivity contribution >= 4 is 17.9 Å². The standard InChI is InChI=1S/C27H25F17O9/c1-4-15(45)48-10-7-20(30,31)51-14-18(28)13-19(29,26(41,42)52-21(32,33)8-11-49-16(46)5-2)25(39,40)23(36,24(18,37)38)27(43,44)53-22(34,35)9-12-50-17(47)6-3/h4-6H,1-3,7-14H2. The van der Waals surface area contributed by atoms with Gasteiger partial charge in [-0.05, 0) is 0 Å². The molecule has 3 atom stereocenters. The van der Waals surface area contributed by atoms with E-state index in [4.69, 9.17) is 0 Å². The summed E-state index contributed by atoms with van der Waals surface area (Å²) in [6.45, 7) is -0.286. The van der Waals surface area contributed by atoms with E-state index < -0.39 is 129 Å². The van der Waals surface area contributed by atoms with Gasteiger partial charge in [-0.1, -0.05) is 19.7 Å². The summed E-state index contributed by atoms with van der Waals surface area (Å²) < 4.78 is 275. The number of hydrogen-bond donors (Lipinski definition) is 0. The van der Waals surface area contributed by atoms with Gasteiger partial charge in [-0.15, -0.1) is 0 Å². The largest absolute Gasteiger partial charge is 0.462 e. The number of rotatable bonds is 21. The fourth-order valence-corrected chi connectivity index (χ4v) is 4.09. The first-order chi connectivity index (χ1) is 23.7. The van der Waals surface area contributed by atoms with Gasteiger partial charge in [-0.25, -0.2) is 27.6 Å². The normalized spacial score (nSPS) is 24.8. The van der Waals surface area contributed by atoms with Gasteiger partial charge in [0.05, 0.1) is 45.7 Å². The monoisotopic (exact) mass is 816 g/mol. The number of halogens is 17. The number of alkyl halides is 17. The molecule has 1 aliphatic rings. The minimum Gasteiger partial charge on any atom is -0.462 e. The maximum atomic E-state index is 15.9. The molecule has 1 fully saturated rings. The third-order valence-corrected chi connectivity index (χ3v) is 6.79. The Labute approximate surface area is 285 Å². The Balaban J connectivity index is 3.88. The van der Waals surface area contributed by atoms with Crippen LogP contribution in [-0.2, 0) is 42.8 Å². The highest BCUT2D eigenvalue weighted by atomic mass is 19.3. The summed E-state index contributed by atoms with van der Waals surface area (Å²) in [7, 11) is 0. The van der Waals surface area contributed by atoms with Gasteiger partial charge >= 0.3 is 66.0 Å². The maximum absolute atomic E-state index is 15.9. The molecule has 0 aromatic rings. The molecule has 26 heteroatoms. The van der Waals surface area contributed by atoms with Crippen LogP contribution in [0.25, 0.3) is 0 Å². The molecule has 0 heterocycles. The summed E-state index contributed by atoms with van der Waals surface area (Å²) in [5.74, 6) is -20.4. The quantitative estimate of drug-likeness (QED) is 0.0517. The van der Waals surface area contributed by atoms with Crippen LogP contribution in [0.4, 0.5) is 74.6 Å². The van der Waals surface area contributed by atoms with Crippen LogP contribution in [0.15, 0.2) is 38.0 Å². The zero-order chi connectivity index (χ0) is 41.8. The SMILES string of the molecule is C=CC(=O)OCCC(F)(F)OCC1(F)CC(F)(C(F)(F)OC(F)(F)CCOC(=O)C=C)C(F)(F)C(F)(C(F)(F)OC(F)(F)CCOC(=O)C=C)C1(F)F. The molecule has 0 bridgehead atoms. The number of hydrogen-bond acceptors (Lipinski definition) is 9. The maximum Gasteiger partial charge on any atom is 0.406 e. The van der Waals surface area contributed by atoms with Gasteiger partial charge in [0.15, 0.2) is 0 Å². The molecule has 53 heavy (non-hydrogen) atoms. The average molecular weight is 816 g/mol. The highest BCUT2D eigenvalue weighted by molar-refractivity contribution is 5.81. The van der Waals surface area contributed by atoms with Crippen molar-refractivity contribution < 1.29 is 117 Å². The molecule has 0 aromatic carbocycles. The molecule has 0 aromatic heterocycles. The van der Waals surface area contributed by atoms with Crippen molar-refractivity contribution in [2.45, 2.75) is 85.1 Å². The van der Waals surface area contributed by atoms with E-state index in [1.165, 1.54) is 0 Å². The van der Waals surface area contributed by atoms with Crippen molar-refractivity contribution in [1.29, 1.82) is 0 Å². The molecule has 0 aliphatic heterocycles. The minimum atomic E-state index is -8.25. The highest BCUT2D eigenvalue weighted by Crippen LogP contribution is 2.70. The molecule has 0 radical (unpaired) electrons. The first-order valence-corrected chi connectivity index (χ1v) is 13.8. The van der Waals surface area contributed by atoms with Crippen molar-refractivity contribution in [2.24, 2.45) is 0 Å². The van der Waals surface area contributed by atoms with Crippen molar-refractivity contribution in [3.63, 3.8) is 0 Å². The number of carbonyl (C=O) groups excluding carboxylic acids is 3. The van der Waals surface area contributed by atoms with E-state index in [1.54, 1.807) is 0 Å². The fraction of sp³-hybridized carbons (Fsp3) is 0.667. The molecular formula is C27H25F17O9. The zero-order valence-corrected chi connectivity index (χ0v) is 26.1. The topological polar surface area (TPSA) is 107 Å². The second-order valence-electron chi connectivity index (χ2n) is 10.6. The Morgan fingerprint density at radius 1 is 0.547 bits per heavy atom. The summed E-state index contributed by atoms with van der Waals surface area (Å²) in [5.41, 5.74) is -22.0. The Morgan fingerprint density at radius 2 is 0.887 bits per heavy atom. The third kappa shape index (κ3) is 9.90. The second-order valence-corrected chi connectivity index (χ2v) is 10.6. The van der Waals surface area contributed by atoms with E-state index in [0.717, 1.165) is 0 Å². The van der Waals surface area contributed by atoms with E-state index >= 15 is 48.3 Å². The van der Waals surface area contributed by atoms with Gasteiger partial charge < -0.3 is 18.9 Å². The Bertz CT molecular complexity index is 1380. The number of ether oxygens (including phenoxy) is 6. The zero-order valence-electron chi connectivity index (χ0n) is 26.1. The van der Waals surface area contributed by atoms with Crippen LogP contribution in [0.5, 0.6) is 0 Å². The molecule has 306 valence electrons. The first kappa shape index (κ1) is 47.3. The van der Waals surface area contributed by atoms with Crippen molar-refractivity contribution in [3.05, 3.63) is 38.0 Å². The summed E-state index contributed by atoms with van der Waals surface area (Å²) in [5, 5.41) is 0. The molecule has 1 rings (SSSR count). The molecule has 3 unspecified atom stereocenters. The molecular weight excluding hydrogens is 791 g/mol. The second kappa shape index (κ2) is 16.0. The Hall–Kier alpha value is -3.68. The van der Waals surface area contributed by atoms with E-state index in [9.17, 15) is 40.7 Å². The molecule has 1 aliphatic carbocycles. The predicted molar refractivity (Wildman–Crippen MR) is 136 cm³/mol. The average Bonchev–Trinajstić information content (AvgIpc) is 3.00. The van der Waals surface area contributed by atoms with Crippen molar-refractivity contribution in [1.82, 2.24) is 0 Å². The molecule has 0 spiro atoms. The lowest BCUT2D eigenvalue weighted by Crippen LogP contribution is -2.86. The lowest BCUT2D eigenvalue weighted by Gasteiger charge is -2.56. The van der Waals surface area contributed by atoms with Gasteiger partial charge in [0, 0.05) is 24.6 Å². The van der Waals surface area contributed by atoms with Gasteiger partial charge in [-0.3, -0.25) is 9.47 Å². The van der Waals surface area contributed by atoms with Gasteiger partial charge in [0.2, 0.25) is 5.67 Å². The van der Waals surface area contributed by atoms with Crippen LogP contribution in [0.2, 0.25) is 0 Å². The van der Waals surface area contributed by atoms with Gasteiger partial charge in [0.1, 0.15) is 0 Å². The van der Waals surface area contributed by atoms with Crippen LogP contribution in [-0.4, -0.2) is 104 Å². The van der Waals surface area contributed by atoms with Crippen LogP contribution in [0.1, 0.15) is 25.7 Å². The van der Waals surface area contributed by atoms with E-state index in [0.29, 0.717) is 6.08 Å². The Kier molecular flexibility index (Phi) is 14.3. The van der Waals surface area contributed by atoms with E-state index in [-0.39, 0.29) is 12.2 Å². The van der Waals surface area contributed by atoms with Crippen LogP contribution >= 0.6 is 0 Å². The van der Waals surface area contributed by atoms with E-state index in [2.05, 4.69) is 48.2 Å². The fourth-order valence-electron chi connectivity index (χ4n) is 4.09. The third-order valence-electron chi connectivity index (χ3n) is 6.79. The first-order valence-electron chi connectivity index (χ1n) is 13.8. The van der Waals surface area contributed by atoms with Gasteiger partial charge in [0.25, 0.3) is 5.67 Å². The molecule has 1 saturated carbocycles. The highest BCUT2D eigenvalue weighted by Gasteiger charge is 2.99. The summed E-state index contributed by atoms with van der Waals surface area (Å²) in [6.07, 6.45) is -42.6. The van der Waals surface area contributed by atoms with E-state index in [1.807, 2.05) is 0 Å². The van der Waals surface area contributed by atoms with Crippen LogP contribution < -0.4 is 0 Å². The predicted octanol–water partition coefficient (Wildman–Crippen LogP) is 7.16. The number of esters is 3. The van der Waals surface area contributed by atoms with Crippen LogP contribution in [0, 0.1) is 0 Å². The summed E-state index contributed by atoms with van der Waals surface area (Å²) in [4.78, 5) is 32.9. The smallest absolute Gasteiger partial charge is 0.406 e. The minimum absolute atomic E-state index is 0.258. The molecule has 0 amide bonds. The number of carbonyl (C=O) groups is 3. The van der Waals surface area contributed by atoms with Gasteiger partial charge in [-0.2, -0.15) is 61.5 Å². The summed E-state index contributed by atoms with van der Waals surface area (Å²) in [6, 6.07) is 0. The lowest BCUT2D eigenvalue weighted by atomic mass is 9.63. The van der Waals surface area contributed by atoms with Crippen molar-refractivity contribution in [2.75, 3.05) is 26.4 Å². The Morgan fingerprint density at radius 3 is 1.25 bits per heavy atom. The molecule has 0 saturated heterocycles. The summed E-state index contributed by atoms with van der Waals surface area (Å²) >= 11 is 0. The molecule has 9 nitrogen and oxygen atoms in total. The molecule has 0 N–H and O–H groups in total. The lowest BCUT2D eigenvalue weighted by molar-refractivity contribution is -0.519.